The maximum absolute atomic E-state index is 11.9. The predicted octanol–water partition coefficient (Wildman–Crippen LogP) is -0.589. The normalized spacial score (nSPS) is 34.9. The van der Waals surface area contributed by atoms with Crippen LogP contribution in [-0.4, -0.2) is 55.5 Å². The number of fused-ring (bicyclic) bond motifs is 2. The van der Waals surface area contributed by atoms with Gasteiger partial charge in [0.05, 0.1) is 6.61 Å². The van der Waals surface area contributed by atoms with Crippen molar-refractivity contribution in [2.45, 2.75) is 25.4 Å². The lowest BCUT2D eigenvalue weighted by Gasteiger charge is -2.46. The van der Waals surface area contributed by atoms with Gasteiger partial charge in [-0.15, -0.1) is 0 Å². The highest BCUT2D eigenvalue weighted by atomic mass is 16.5. The Morgan fingerprint density at radius 1 is 1.56 bits per heavy atom. The fourth-order valence-corrected chi connectivity index (χ4v) is 2.62. The first kappa shape index (κ1) is 11.5. The second kappa shape index (κ2) is 4.51. The third-order valence-electron chi connectivity index (χ3n) is 3.54. The van der Waals surface area contributed by atoms with Crippen LogP contribution in [0.4, 0.5) is 0 Å². The monoisotopic (exact) mass is 226 g/mol. The molecule has 2 heterocycles. The Morgan fingerprint density at radius 3 is 3.00 bits per heavy atom. The van der Waals surface area contributed by atoms with Crippen LogP contribution in [0.2, 0.25) is 0 Å². The van der Waals surface area contributed by atoms with Gasteiger partial charge in [0.2, 0.25) is 0 Å². The maximum Gasteiger partial charge on any atom is 0.318 e. The molecule has 16 heavy (non-hydrogen) atoms. The van der Waals surface area contributed by atoms with Gasteiger partial charge in [0.15, 0.2) is 0 Å². The summed E-state index contributed by atoms with van der Waals surface area (Å²) in [4.78, 5) is 25.8. The molecule has 2 saturated heterocycles. The highest BCUT2D eigenvalue weighted by Gasteiger charge is 2.46. The molecule has 2 bridgehead atoms. The van der Waals surface area contributed by atoms with Gasteiger partial charge >= 0.3 is 5.97 Å². The van der Waals surface area contributed by atoms with E-state index in [1.54, 1.807) is 6.92 Å². The molecule has 3 atom stereocenters. The lowest BCUT2D eigenvalue weighted by molar-refractivity contribution is -0.158. The minimum atomic E-state index is -0.603. The number of esters is 1. The van der Waals surface area contributed by atoms with E-state index in [0.717, 1.165) is 6.54 Å². The Balaban J connectivity index is 2.16. The van der Waals surface area contributed by atoms with E-state index in [4.69, 9.17) is 4.74 Å². The highest BCUT2D eigenvalue weighted by Crippen LogP contribution is 2.27. The Labute approximate surface area is 95.1 Å². The molecule has 1 N–H and O–H groups in total. The summed E-state index contributed by atoms with van der Waals surface area (Å²) in [5.41, 5.74) is 0. The van der Waals surface area contributed by atoms with Gasteiger partial charge in [0.25, 0.3) is 0 Å². The number of piperazine rings is 1. The van der Waals surface area contributed by atoms with Crippen molar-refractivity contribution in [1.82, 2.24) is 10.2 Å². The average Bonchev–Trinajstić information content (AvgIpc) is 2.21. The lowest BCUT2D eigenvalue weighted by atomic mass is 9.82. The van der Waals surface area contributed by atoms with Crippen molar-refractivity contribution in [2.24, 2.45) is 5.92 Å². The Bertz CT molecular complexity index is 298. The van der Waals surface area contributed by atoms with E-state index in [1.165, 1.54) is 0 Å². The van der Waals surface area contributed by atoms with Crippen LogP contribution in [0.25, 0.3) is 0 Å². The van der Waals surface area contributed by atoms with Crippen LogP contribution in [0.5, 0.6) is 0 Å². The van der Waals surface area contributed by atoms with E-state index in [-0.39, 0.29) is 23.8 Å². The number of carbonyl (C=O) groups is 2. The molecule has 0 radical (unpaired) electrons. The number of Topliss-reactive ketones (excluding diaryl/α,β-unsaturated/α-hetero) is 1. The van der Waals surface area contributed by atoms with E-state index in [9.17, 15) is 9.59 Å². The molecule has 5 nitrogen and oxygen atoms in total. The lowest BCUT2D eigenvalue weighted by Crippen LogP contribution is -2.65. The number of ether oxygens (including phenoxy) is 1. The van der Waals surface area contributed by atoms with Gasteiger partial charge < -0.3 is 10.1 Å². The minimum absolute atomic E-state index is 0.0352. The molecule has 0 spiro atoms. The van der Waals surface area contributed by atoms with Crippen molar-refractivity contribution in [3.05, 3.63) is 0 Å². The van der Waals surface area contributed by atoms with Gasteiger partial charge in [-0.2, -0.15) is 0 Å². The molecule has 0 aromatic rings. The summed E-state index contributed by atoms with van der Waals surface area (Å²) in [7, 11) is 1.98. The molecule has 3 unspecified atom stereocenters. The molecule has 2 aliphatic heterocycles. The third-order valence-corrected chi connectivity index (χ3v) is 3.54. The van der Waals surface area contributed by atoms with Gasteiger partial charge in [-0.1, -0.05) is 0 Å². The van der Waals surface area contributed by atoms with E-state index in [1.807, 2.05) is 7.05 Å². The summed E-state index contributed by atoms with van der Waals surface area (Å²) in [6, 6.07) is 0.191. The number of hydrogen-bond donors (Lipinski definition) is 1. The van der Waals surface area contributed by atoms with Crippen molar-refractivity contribution in [1.29, 1.82) is 0 Å². The SMILES string of the molecule is CCOC(=O)C1C(=O)CC2CNCC1N2C. The first-order valence-corrected chi connectivity index (χ1v) is 5.77. The molecule has 0 amide bonds. The van der Waals surface area contributed by atoms with Crippen molar-refractivity contribution >= 4 is 11.8 Å². The minimum Gasteiger partial charge on any atom is -0.465 e. The molecule has 2 aliphatic rings. The summed E-state index contributed by atoms with van der Waals surface area (Å²) < 4.78 is 4.98. The molecule has 5 heteroatoms. The number of nitrogens with zero attached hydrogens (tertiary/aromatic N) is 1. The van der Waals surface area contributed by atoms with Crippen molar-refractivity contribution in [3.63, 3.8) is 0 Å². The number of carbonyl (C=O) groups excluding carboxylic acids is 2. The Hall–Kier alpha value is -0.940. The fraction of sp³-hybridized carbons (Fsp3) is 0.818. The first-order chi connectivity index (χ1) is 7.65. The standard InChI is InChI=1S/C11H18N2O3/c1-3-16-11(15)10-8-6-12-5-7(13(8)2)4-9(10)14/h7-8,10,12H,3-6H2,1-2H3. The molecule has 2 rings (SSSR count). The number of nitrogens with one attached hydrogen (secondary N) is 1. The summed E-state index contributed by atoms with van der Waals surface area (Å²) in [5.74, 6) is -0.937. The molecule has 90 valence electrons. The van der Waals surface area contributed by atoms with Crippen molar-refractivity contribution in [3.8, 4) is 0 Å². The zero-order valence-corrected chi connectivity index (χ0v) is 9.73. The molecular weight excluding hydrogens is 208 g/mol. The van der Waals surface area contributed by atoms with Crippen LogP contribution in [0.3, 0.4) is 0 Å². The van der Waals surface area contributed by atoms with Gasteiger partial charge in [-0.25, -0.2) is 0 Å². The van der Waals surface area contributed by atoms with E-state index >= 15 is 0 Å². The zero-order valence-electron chi connectivity index (χ0n) is 9.73. The number of piperidine rings is 1. The second-order valence-electron chi connectivity index (χ2n) is 4.45. The molecule has 0 aliphatic carbocycles. The number of ketones is 1. The van der Waals surface area contributed by atoms with Gasteiger partial charge in [-0.3, -0.25) is 14.5 Å². The highest BCUT2D eigenvalue weighted by molar-refractivity contribution is 6.00. The van der Waals surface area contributed by atoms with Gasteiger partial charge in [0.1, 0.15) is 11.7 Å². The quantitative estimate of drug-likeness (QED) is 0.504. The van der Waals surface area contributed by atoms with Crippen molar-refractivity contribution in [2.75, 3.05) is 26.7 Å². The van der Waals surface area contributed by atoms with Crippen LogP contribution in [0.1, 0.15) is 13.3 Å². The number of hydrogen-bond acceptors (Lipinski definition) is 5. The van der Waals surface area contributed by atoms with Crippen LogP contribution in [0.15, 0.2) is 0 Å². The first-order valence-electron chi connectivity index (χ1n) is 5.77. The van der Waals surface area contributed by atoms with E-state index < -0.39 is 5.92 Å². The fourth-order valence-electron chi connectivity index (χ4n) is 2.62. The average molecular weight is 226 g/mol. The topological polar surface area (TPSA) is 58.6 Å². The largest absolute Gasteiger partial charge is 0.465 e. The van der Waals surface area contributed by atoms with E-state index in [0.29, 0.717) is 19.6 Å². The molecular formula is C11H18N2O3. The van der Waals surface area contributed by atoms with Crippen LogP contribution in [-0.2, 0) is 14.3 Å². The van der Waals surface area contributed by atoms with Crippen LogP contribution in [0, 0.1) is 5.92 Å². The maximum atomic E-state index is 11.9. The summed E-state index contributed by atoms with van der Waals surface area (Å²) in [6.45, 7) is 3.60. The van der Waals surface area contributed by atoms with Gasteiger partial charge in [0, 0.05) is 31.6 Å². The molecule has 0 aromatic carbocycles. The molecule has 0 saturated carbocycles. The number of rotatable bonds is 2. The van der Waals surface area contributed by atoms with Crippen LogP contribution >= 0.6 is 0 Å². The third kappa shape index (κ3) is 1.85. The van der Waals surface area contributed by atoms with Gasteiger partial charge in [-0.05, 0) is 14.0 Å². The second-order valence-corrected chi connectivity index (χ2v) is 4.45. The zero-order chi connectivity index (χ0) is 11.7. The molecule has 0 aromatic heterocycles. The summed E-state index contributed by atoms with van der Waals surface area (Å²) >= 11 is 0. The molecule has 2 fully saturated rings. The predicted molar refractivity (Wildman–Crippen MR) is 58.0 cm³/mol. The Kier molecular flexibility index (Phi) is 3.25. The smallest absolute Gasteiger partial charge is 0.318 e. The number of likely N-dealkylation sites (N-methyl/N-ethyl adjacent to an activating group) is 1. The summed E-state index contributed by atoms with van der Waals surface area (Å²) in [6.07, 6.45) is 0.448. The van der Waals surface area contributed by atoms with E-state index in [2.05, 4.69) is 10.2 Å². The van der Waals surface area contributed by atoms with Crippen LogP contribution < -0.4 is 5.32 Å². The Morgan fingerprint density at radius 2 is 2.31 bits per heavy atom. The van der Waals surface area contributed by atoms with Crippen molar-refractivity contribution < 1.29 is 14.3 Å². The summed E-state index contributed by atoms with van der Waals surface area (Å²) in [5, 5.41) is 3.26.